The van der Waals surface area contributed by atoms with Crippen molar-refractivity contribution in [3.63, 3.8) is 0 Å². The molecule has 3 heteroatoms. The molecule has 126 valence electrons. The summed E-state index contributed by atoms with van der Waals surface area (Å²) in [5.74, 6) is 1.03. The van der Waals surface area contributed by atoms with Gasteiger partial charge in [0.2, 0.25) is 5.91 Å². The molecule has 2 bridgehead atoms. The topological polar surface area (TPSA) is 29.1 Å². The van der Waals surface area contributed by atoms with Gasteiger partial charge in [-0.3, -0.25) is 4.79 Å². The van der Waals surface area contributed by atoms with Gasteiger partial charge in [0.25, 0.3) is 0 Å². The number of hydrogen-bond donors (Lipinski definition) is 1. The van der Waals surface area contributed by atoms with Crippen LogP contribution in [-0.2, 0) is 4.79 Å². The molecular formula is C19H35N2O+. The van der Waals surface area contributed by atoms with Gasteiger partial charge in [-0.2, -0.15) is 0 Å². The van der Waals surface area contributed by atoms with Crippen molar-refractivity contribution in [3.05, 3.63) is 12.7 Å². The number of nitrogens with zero attached hydrogens (tertiary/aromatic N) is 1. The van der Waals surface area contributed by atoms with Crippen molar-refractivity contribution < 1.29 is 9.28 Å². The van der Waals surface area contributed by atoms with E-state index in [0.717, 1.165) is 31.7 Å². The summed E-state index contributed by atoms with van der Waals surface area (Å²) in [6.07, 6.45) is 13.9. The number of quaternary nitrogens is 1. The van der Waals surface area contributed by atoms with E-state index in [-0.39, 0.29) is 5.91 Å². The molecule has 0 aliphatic carbocycles. The highest BCUT2D eigenvalue weighted by Gasteiger charge is 2.43. The fourth-order valence-electron chi connectivity index (χ4n) is 4.14. The summed E-state index contributed by atoms with van der Waals surface area (Å²) < 4.78 is 1.17. The van der Waals surface area contributed by atoms with Gasteiger partial charge in [0, 0.05) is 19.3 Å². The van der Waals surface area contributed by atoms with Crippen LogP contribution in [0.3, 0.4) is 0 Å². The number of fused-ring (bicyclic) bond motifs is 3. The van der Waals surface area contributed by atoms with Crippen molar-refractivity contribution in [2.75, 3.05) is 26.7 Å². The Bertz CT molecular complexity index is 358. The fraction of sp³-hybridized carbons (Fsp3) is 0.842. The lowest BCUT2D eigenvalue weighted by atomic mass is 9.82. The van der Waals surface area contributed by atoms with E-state index in [1.165, 1.54) is 62.5 Å². The molecule has 1 unspecified atom stereocenters. The van der Waals surface area contributed by atoms with Crippen LogP contribution in [0.1, 0.15) is 64.2 Å². The van der Waals surface area contributed by atoms with Gasteiger partial charge < -0.3 is 9.80 Å². The largest absolute Gasteiger partial charge is 0.347 e. The van der Waals surface area contributed by atoms with Crippen LogP contribution in [0.5, 0.6) is 0 Å². The fourth-order valence-corrected chi connectivity index (χ4v) is 4.14. The standard InChI is InChI=1S/C19H34N2O/c1-3-4-5-6-7-8-9-10-11-19(22)20-18-16-21(2)14-12-17(18)13-15-21/h3,17-18H,1,4-16H2,2H3/p+1. The highest BCUT2D eigenvalue weighted by Crippen LogP contribution is 2.32. The maximum Gasteiger partial charge on any atom is 0.220 e. The van der Waals surface area contributed by atoms with E-state index in [1.807, 2.05) is 6.08 Å². The Morgan fingerprint density at radius 1 is 1.14 bits per heavy atom. The summed E-state index contributed by atoms with van der Waals surface area (Å²) in [6, 6.07) is 0.443. The predicted octanol–water partition coefficient (Wildman–Crippen LogP) is 3.65. The minimum Gasteiger partial charge on any atom is -0.347 e. The second-order valence-corrected chi connectivity index (χ2v) is 7.71. The second kappa shape index (κ2) is 8.71. The number of unbranched alkanes of at least 4 members (excludes halogenated alkanes) is 6. The third kappa shape index (κ3) is 5.42. The number of carbonyl (C=O) groups excluding carboxylic acids is 1. The molecule has 1 atom stereocenters. The first-order valence-electron chi connectivity index (χ1n) is 9.37. The van der Waals surface area contributed by atoms with E-state index < -0.39 is 0 Å². The molecule has 3 fully saturated rings. The van der Waals surface area contributed by atoms with Gasteiger partial charge >= 0.3 is 0 Å². The molecule has 0 aromatic carbocycles. The van der Waals surface area contributed by atoms with Crippen molar-refractivity contribution in [3.8, 4) is 0 Å². The minimum absolute atomic E-state index is 0.289. The van der Waals surface area contributed by atoms with Crippen molar-refractivity contribution in [2.45, 2.75) is 70.3 Å². The molecular weight excluding hydrogens is 272 g/mol. The highest BCUT2D eigenvalue weighted by molar-refractivity contribution is 5.76. The summed E-state index contributed by atoms with van der Waals surface area (Å²) in [5, 5.41) is 3.33. The first-order valence-corrected chi connectivity index (χ1v) is 9.37. The summed E-state index contributed by atoms with van der Waals surface area (Å²) in [6.45, 7) is 7.52. The minimum atomic E-state index is 0.289. The summed E-state index contributed by atoms with van der Waals surface area (Å²) >= 11 is 0. The van der Waals surface area contributed by atoms with Crippen LogP contribution in [0.15, 0.2) is 12.7 Å². The molecule has 1 amide bonds. The maximum atomic E-state index is 12.1. The third-order valence-electron chi connectivity index (χ3n) is 5.69. The van der Waals surface area contributed by atoms with Gasteiger partial charge in [-0.05, 0) is 25.2 Å². The number of allylic oxidation sites excluding steroid dienone is 1. The molecule has 3 aliphatic rings. The second-order valence-electron chi connectivity index (χ2n) is 7.71. The SMILES string of the molecule is C=CCCCCCCCCC(=O)NC1C[N+]2(C)CCC1CC2. The van der Waals surface area contributed by atoms with Crippen molar-refractivity contribution >= 4 is 5.91 Å². The van der Waals surface area contributed by atoms with Crippen molar-refractivity contribution in [1.29, 1.82) is 0 Å². The number of nitrogens with one attached hydrogen (secondary N) is 1. The zero-order chi connectivity index (χ0) is 15.8. The lowest BCUT2D eigenvalue weighted by Gasteiger charge is -2.50. The average Bonchev–Trinajstić information content (AvgIpc) is 2.50. The zero-order valence-corrected chi connectivity index (χ0v) is 14.5. The van der Waals surface area contributed by atoms with Gasteiger partial charge in [0.05, 0.1) is 32.7 Å². The number of amides is 1. The van der Waals surface area contributed by atoms with Gasteiger partial charge in [0.1, 0.15) is 0 Å². The highest BCUT2D eigenvalue weighted by atomic mass is 16.1. The van der Waals surface area contributed by atoms with Crippen LogP contribution in [0.4, 0.5) is 0 Å². The van der Waals surface area contributed by atoms with Crippen molar-refractivity contribution in [1.82, 2.24) is 5.32 Å². The van der Waals surface area contributed by atoms with E-state index in [4.69, 9.17) is 0 Å². The summed E-state index contributed by atoms with van der Waals surface area (Å²) in [4.78, 5) is 12.1. The zero-order valence-electron chi connectivity index (χ0n) is 14.5. The molecule has 0 aromatic rings. The van der Waals surface area contributed by atoms with Crippen molar-refractivity contribution in [2.24, 2.45) is 5.92 Å². The van der Waals surface area contributed by atoms with E-state index in [1.54, 1.807) is 0 Å². The van der Waals surface area contributed by atoms with Gasteiger partial charge in [-0.15, -0.1) is 6.58 Å². The molecule has 3 saturated heterocycles. The quantitative estimate of drug-likeness (QED) is 0.372. The van der Waals surface area contributed by atoms with Crippen LogP contribution in [0.25, 0.3) is 0 Å². The first kappa shape index (κ1) is 17.5. The molecule has 3 nitrogen and oxygen atoms in total. The molecule has 0 spiro atoms. The average molecular weight is 308 g/mol. The van der Waals surface area contributed by atoms with E-state index in [9.17, 15) is 4.79 Å². The van der Waals surface area contributed by atoms with Gasteiger partial charge in [0.15, 0.2) is 0 Å². The monoisotopic (exact) mass is 307 g/mol. The van der Waals surface area contributed by atoms with Crippen LogP contribution in [0, 0.1) is 5.92 Å². The summed E-state index contributed by atoms with van der Waals surface area (Å²) in [7, 11) is 2.35. The number of carbonyl (C=O) groups is 1. The predicted molar refractivity (Wildman–Crippen MR) is 92.6 cm³/mol. The molecule has 0 aromatic heterocycles. The smallest absolute Gasteiger partial charge is 0.220 e. The van der Waals surface area contributed by atoms with E-state index in [2.05, 4.69) is 18.9 Å². The van der Waals surface area contributed by atoms with E-state index >= 15 is 0 Å². The number of piperidine rings is 3. The molecule has 0 saturated carbocycles. The Kier molecular flexibility index (Phi) is 6.94. The molecule has 0 radical (unpaired) electrons. The number of rotatable bonds is 10. The Balaban J connectivity index is 1.52. The first-order chi connectivity index (χ1) is 10.6. The Morgan fingerprint density at radius 2 is 1.77 bits per heavy atom. The summed E-state index contributed by atoms with van der Waals surface area (Å²) in [5.41, 5.74) is 0. The third-order valence-corrected chi connectivity index (χ3v) is 5.69. The Hall–Kier alpha value is -0.830. The van der Waals surface area contributed by atoms with Gasteiger partial charge in [-0.25, -0.2) is 0 Å². The Morgan fingerprint density at radius 3 is 2.41 bits per heavy atom. The molecule has 3 rings (SSSR count). The lowest BCUT2D eigenvalue weighted by Crippen LogP contribution is -2.65. The van der Waals surface area contributed by atoms with E-state index in [0.29, 0.717) is 6.04 Å². The lowest BCUT2D eigenvalue weighted by molar-refractivity contribution is -0.925. The maximum absolute atomic E-state index is 12.1. The molecule has 3 heterocycles. The molecule has 1 N–H and O–H groups in total. The normalized spacial score (nSPS) is 30.2. The number of likely N-dealkylation sites (N-methyl/N-ethyl adjacent to an activating group) is 1. The van der Waals surface area contributed by atoms with Gasteiger partial charge in [-0.1, -0.05) is 31.8 Å². The van der Waals surface area contributed by atoms with Crippen LogP contribution < -0.4 is 5.32 Å². The number of hydrogen-bond acceptors (Lipinski definition) is 1. The molecule has 3 aliphatic heterocycles. The van der Waals surface area contributed by atoms with Crippen LogP contribution >= 0.6 is 0 Å². The Labute approximate surface area is 136 Å². The van der Waals surface area contributed by atoms with Crippen LogP contribution in [-0.4, -0.2) is 43.1 Å². The van der Waals surface area contributed by atoms with Crippen LogP contribution in [0.2, 0.25) is 0 Å². The molecule has 22 heavy (non-hydrogen) atoms.